The molecule has 3 N–H and O–H groups in total. The Bertz CT molecular complexity index is 341. The number of aliphatic hydroxyl groups excluding tert-OH is 2. The Kier molecular flexibility index (Phi) is 4.73. The minimum Gasteiger partial charge on any atom is -0.496 e. The van der Waals surface area contributed by atoms with Crippen LogP contribution in [0.3, 0.4) is 0 Å². The van der Waals surface area contributed by atoms with Crippen molar-refractivity contribution in [3.8, 4) is 5.75 Å². The number of hydrogen-bond donors (Lipinski definition) is 3. The highest BCUT2D eigenvalue weighted by molar-refractivity contribution is 5.37. The zero-order chi connectivity index (χ0) is 12.1. The Morgan fingerprint density at radius 2 is 2.06 bits per heavy atom. The Balaban J connectivity index is 2.84. The van der Waals surface area contributed by atoms with Gasteiger partial charge in [0.1, 0.15) is 11.9 Å². The van der Waals surface area contributed by atoms with Crippen molar-refractivity contribution in [3.05, 3.63) is 29.3 Å². The molecule has 0 spiro atoms. The van der Waals surface area contributed by atoms with Crippen molar-refractivity contribution in [2.45, 2.75) is 19.1 Å². The summed E-state index contributed by atoms with van der Waals surface area (Å²) in [5, 5.41) is 22.3. The molecule has 0 aliphatic heterocycles. The van der Waals surface area contributed by atoms with Crippen molar-refractivity contribution in [1.82, 2.24) is 5.32 Å². The number of likely N-dealkylation sites (N-methyl/N-ethyl adjacent to an activating group) is 1. The fourth-order valence-electron chi connectivity index (χ4n) is 1.63. The lowest BCUT2D eigenvalue weighted by molar-refractivity contribution is 0.0202. The van der Waals surface area contributed by atoms with Gasteiger partial charge >= 0.3 is 0 Å². The van der Waals surface area contributed by atoms with Gasteiger partial charge in [-0.1, -0.05) is 6.07 Å². The summed E-state index contributed by atoms with van der Waals surface area (Å²) < 4.78 is 5.13. The number of aryl methyl sites for hydroxylation is 1. The maximum absolute atomic E-state index is 9.88. The molecule has 1 rings (SSSR count). The highest BCUT2D eigenvalue weighted by Crippen LogP contribution is 2.24. The number of rotatable bonds is 5. The third-order valence-corrected chi connectivity index (χ3v) is 2.54. The van der Waals surface area contributed by atoms with E-state index in [1.165, 1.54) is 0 Å². The van der Waals surface area contributed by atoms with Gasteiger partial charge in [0.2, 0.25) is 0 Å². The molecule has 0 bridgehead atoms. The maximum atomic E-state index is 9.88. The first-order valence-corrected chi connectivity index (χ1v) is 5.25. The van der Waals surface area contributed by atoms with E-state index in [1.54, 1.807) is 26.3 Å². The molecule has 1 aromatic carbocycles. The molecule has 0 aliphatic carbocycles. The topological polar surface area (TPSA) is 61.7 Å². The van der Waals surface area contributed by atoms with Gasteiger partial charge in [0.15, 0.2) is 0 Å². The molecular formula is C12H19NO3. The number of hydrogen-bond acceptors (Lipinski definition) is 4. The standard InChI is InChI=1S/C12H19NO3/c1-8-6-9(4-5-11(8)16-3)12(15)10(14)7-13-2/h4-6,10,12-15H,7H2,1-3H3. The highest BCUT2D eigenvalue weighted by Gasteiger charge is 2.18. The quantitative estimate of drug-likeness (QED) is 0.687. The van der Waals surface area contributed by atoms with Gasteiger partial charge in [-0.2, -0.15) is 0 Å². The lowest BCUT2D eigenvalue weighted by Crippen LogP contribution is -2.29. The lowest BCUT2D eigenvalue weighted by Gasteiger charge is -2.18. The molecule has 0 saturated heterocycles. The van der Waals surface area contributed by atoms with Crippen LogP contribution >= 0.6 is 0 Å². The molecule has 0 saturated carbocycles. The summed E-state index contributed by atoms with van der Waals surface area (Å²) >= 11 is 0. The van der Waals surface area contributed by atoms with Gasteiger partial charge in [-0.05, 0) is 37.2 Å². The molecule has 1 aromatic rings. The monoisotopic (exact) mass is 225 g/mol. The molecular weight excluding hydrogens is 206 g/mol. The highest BCUT2D eigenvalue weighted by atomic mass is 16.5. The summed E-state index contributed by atoms with van der Waals surface area (Å²) in [6.45, 7) is 2.26. The normalized spacial score (nSPS) is 14.6. The van der Waals surface area contributed by atoms with Crippen molar-refractivity contribution in [3.63, 3.8) is 0 Å². The summed E-state index contributed by atoms with van der Waals surface area (Å²) in [4.78, 5) is 0. The Labute approximate surface area is 95.9 Å². The van der Waals surface area contributed by atoms with E-state index < -0.39 is 12.2 Å². The summed E-state index contributed by atoms with van der Waals surface area (Å²) in [5.74, 6) is 0.777. The van der Waals surface area contributed by atoms with Gasteiger partial charge in [-0.25, -0.2) is 0 Å². The largest absolute Gasteiger partial charge is 0.496 e. The second-order valence-corrected chi connectivity index (χ2v) is 3.80. The van der Waals surface area contributed by atoms with Crippen molar-refractivity contribution in [2.75, 3.05) is 20.7 Å². The minimum atomic E-state index is -0.878. The Morgan fingerprint density at radius 3 is 2.56 bits per heavy atom. The first-order valence-electron chi connectivity index (χ1n) is 5.25. The second-order valence-electron chi connectivity index (χ2n) is 3.80. The number of aliphatic hydroxyl groups is 2. The molecule has 4 nitrogen and oxygen atoms in total. The molecule has 4 heteroatoms. The van der Waals surface area contributed by atoms with Gasteiger partial charge in [0.05, 0.1) is 13.2 Å². The van der Waals surface area contributed by atoms with Crippen LogP contribution in [-0.2, 0) is 0 Å². The van der Waals surface area contributed by atoms with Crippen LogP contribution in [0.1, 0.15) is 17.2 Å². The zero-order valence-corrected chi connectivity index (χ0v) is 9.90. The third kappa shape index (κ3) is 2.95. The van der Waals surface area contributed by atoms with E-state index >= 15 is 0 Å². The minimum absolute atomic E-state index is 0.353. The predicted octanol–water partition coefficient (Wildman–Crippen LogP) is 0.617. The van der Waals surface area contributed by atoms with Gasteiger partial charge in [0.25, 0.3) is 0 Å². The maximum Gasteiger partial charge on any atom is 0.121 e. The second kappa shape index (κ2) is 5.84. The molecule has 0 aromatic heterocycles. The van der Waals surface area contributed by atoms with Crippen LogP contribution in [0, 0.1) is 6.92 Å². The average Bonchev–Trinajstić information content (AvgIpc) is 2.28. The average molecular weight is 225 g/mol. The van der Waals surface area contributed by atoms with Crippen LogP contribution in [0.2, 0.25) is 0 Å². The SMILES string of the molecule is CNCC(O)C(O)c1ccc(OC)c(C)c1. The van der Waals surface area contributed by atoms with Crippen LogP contribution in [0.15, 0.2) is 18.2 Å². The van der Waals surface area contributed by atoms with Gasteiger partial charge in [-0.3, -0.25) is 0 Å². The molecule has 0 fully saturated rings. The van der Waals surface area contributed by atoms with Crippen molar-refractivity contribution in [2.24, 2.45) is 0 Å². The van der Waals surface area contributed by atoms with Crippen LogP contribution in [0.5, 0.6) is 5.75 Å². The fraction of sp³-hybridized carbons (Fsp3) is 0.500. The van der Waals surface area contributed by atoms with Gasteiger partial charge in [-0.15, -0.1) is 0 Å². The molecule has 2 unspecified atom stereocenters. The van der Waals surface area contributed by atoms with E-state index in [9.17, 15) is 10.2 Å². The molecule has 16 heavy (non-hydrogen) atoms. The van der Waals surface area contributed by atoms with Crippen molar-refractivity contribution >= 4 is 0 Å². The van der Waals surface area contributed by atoms with Crippen molar-refractivity contribution in [1.29, 1.82) is 0 Å². The van der Waals surface area contributed by atoms with E-state index in [-0.39, 0.29) is 0 Å². The Morgan fingerprint density at radius 1 is 1.38 bits per heavy atom. The Hall–Kier alpha value is -1.10. The van der Waals surface area contributed by atoms with E-state index in [0.29, 0.717) is 12.1 Å². The molecule has 90 valence electrons. The van der Waals surface area contributed by atoms with E-state index in [4.69, 9.17) is 4.74 Å². The van der Waals surface area contributed by atoms with Gasteiger partial charge < -0.3 is 20.3 Å². The number of methoxy groups -OCH3 is 1. The number of nitrogens with one attached hydrogen (secondary N) is 1. The third-order valence-electron chi connectivity index (χ3n) is 2.54. The molecule has 0 heterocycles. The van der Waals surface area contributed by atoms with Crippen LogP contribution in [0.25, 0.3) is 0 Å². The first kappa shape index (κ1) is 13.0. The van der Waals surface area contributed by atoms with Crippen LogP contribution in [-0.4, -0.2) is 37.0 Å². The zero-order valence-electron chi connectivity index (χ0n) is 9.90. The molecule has 0 amide bonds. The number of ether oxygens (including phenoxy) is 1. The van der Waals surface area contributed by atoms with Crippen molar-refractivity contribution < 1.29 is 14.9 Å². The first-order chi connectivity index (χ1) is 7.60. The molecule has 0 aliphatic rings. The molecule has 0 radical (unpaired) electrons. The molecule has 2 atom stereocenters. The van der Waals surface area contributed by atoms with E-state index in [0.717, 1.165) is 11.3 Å². The fourth-order valence-corrected chi connectivity index (χ4v) is 1.63. The summed E-state index contributed by atoms with van der Waals surface area (Å²) in [5.41, 5.74) is 1.64. The predicted molar refractivity (Wildman–Crippen MR) is 62.6 cm³/mol. The lowest BCUT2D eigenvalue weighted by atomic mass is 10.0. The van der Waals surface area contributed by atoms with Gasteiger partial charge in [0, 0.05) is 6.54 Å². The van der Waals surface area contributed by atoms with Crippen LogP contribution < -0.4 is 10.1 Å². The van der Waals surface area contributed by atoms with E-state index in [2.05, 4.69) is 5.32 Å². The van der Waals surface area contributed by atoms with E-state index in [1.807, 2.05) is 13.0 Å². The summed E-state index contributed by atoms with van der Waals surface area (Å²) in [6.07, 6.45) is -1.69. The summed E-state index contributed by atoms with van der Waals surface area (Å²) in [6, 6.07) is 5.37. The smallest absolute Gasteiger partial charge is 0.121 e. The number of benzene rings is 1. The summed E-state index contributed by atoms with van der Waals surface area (Å²) in [7, 11) is 3.34. The van der Waals surface area contributed by atoms with Crippen LogP contribution in [0.4, 0.5) is 0 Å².